The Morgan fingerprint density at radius 1 is 0.558 bits per heavy atom. The second kappa shape index (κ2) is 10.5. The van der Waals surface area contributed by atoms with Crippen molar-refractivity contribution in [2.75, 3.05) is 12.2 Å². The van der Waals surface area contributed by atoms with E-state index < -0.39 is 12.5 Å². The van der Waals surface area contributed by atoms with Gasteiger partial charge in [0.25, 0.3) is 0 Å². The number of halogens is 1. The fourth-order valence-electron chi connectivity index (χ4n) is 6.90. The summed E-state index contributed by atoms with van der Waals surface area (Å²) < 4.78 is 24.7. The van der Waals surface area contributed by atoms with Crippen LogP contribution < -0.4 is 20.4 Å². The van der Waals surface area contributed by atoms with Crippen LogP contribution in [0, 0.1) is 0 Å². The van der Waals surface area contributed by atoms with E-state index in [0.717, 1.165) is 33.5 Å². The summed E-state index contributed by atoms with van der Waals surface area (Å²) in [5.41, 5.74) is 5.39. The topological polar surface area (TPSA) is 21.3 Å². The number of fused-ring (bicyclic) bond motifs is 1. The molecule has 6 aromatic carbocycles. The standard InChI is InChI=1S/C39H33FNOP/c1-42-37-28-34(39(31-17-7-2-8-18-31,32-19-9-3-10-20-32)33-21-11-4-12-22-33)27-30-29-43(40,41-38(30)37,35-23-13-5-14-24-35)36-25-15-6-16-26-36/h2-28,41H,29H2,1H3. The molecule has 0 radical (unpaired) electrons. The molecule has 212 valence electrons. The van der Waals surface area contributed by atoms with E-state index >= 15 is 4.20 Å². The van der Waals surface area contributed by atoms with Gasteiger partial charge in [0.15, 0.2) is 0 Å². The van der Waals surface area contributed by atoms with E-state index in [0.29, 0.717) is 16.4 Å². The van der Waals surface area contributed by atoms with Crippen molar-refractivity contribution in [2.45, 2.75) is 11.6 Å². The molecule has 1 aliphatic heterocycles. The van der Waals surface area contributed by atoms with E-state index in [4.69, 9.17) is 4.74 Å². The van der Waals surface area contributed by atoms with Gasteiger partial charge >= 0.3 is 253 Å². The molecule has 6 aromatic rings. The van der Waals surface area contributed by atoms with Crippen LogP contribution in [0.2, 0.25) is 0 Å². The van der Waals surface area contributed by atoms with E-state index in [-0.39, 0.29) is 6.16 Å². The van der Waals surface area contributed by atoms with Crippen LogP contribution in [-0.2, 0) is 11.6 Å². The molecule has 43 heavy (non-hydrogen) atoms. The number of benzene rings is 6. The molecule has 0 amide bonds. The van der Waals surface area contributed by atoms with Gasteiger partial charge in [0.2, 0.25) is 0 Å². The molecule has 1 heterocycles. The molecule has 0 bridgehead atoms. The molecule has 0 spiro atoms. The number of ether oxygens (including phenoxy) is 1. The first-order valence-corrected chi connectivity index (χ1v) is 16.9. The number of anilines is 1. The molecule has 7 rings (SSSR count). The van der Waals surface area contributed by atoms with Gasteiger partial charge in [0.05, 0.1) is 0 Å². The monoisotopic (exact) mass is 581 g/mol. The van der Waals surface area contributed by atoms with Crippen molar-refractivity contribution in [3.63, 3.8) is 0 Å². The van der Waals surface area contributed by atoms with Crippen LogP contribution in [0.5, 0.6) is 5.75 Å². The Hall–Kier alpha value is -4.72. The third-order valence-electron chi connectivity index (χ3n) is 8.86. The second-order valence-corrected chi connectivity index (χ2v) is 15.1. The van der Waals surface area contributed by atoms with E-state index in [1.165, 1.54) is 0 Å². The Kier molecular flexibility index (Phi) is 6.64. The molecule has 0 saturated carbocycles. The molecule has 1 N–H and O–H groups in total. The van der Waals surface area contributed by atoms with Crippen LogP contribution >= 0.6 is 7.06 Å². The van der Waals surface area contributed by atoms with Crippen molar-refractivity contribution in [1.82, 2.24) is 0 Å². The predicted octanol–water partition coefficient (Wildman–Crippen LogP) is 9.01. The number of rotatable bonds is 7. The first kappa shape index (κ1) is 27.1. The summed E-state index contributed by atoms with van der Waals surface area (Å²) in [5.74, 6) is 0.635. The van der Waals surface area contributed by atoms with Gasteiger partial charge in [-0.05, 0) is 0 Å². The Morgan fingerprint density at radius 3 is 1.35 bits per heavy atom. The van der Waals surface area contributed by atoms with Gasteiger partial charge in [-0.15, -0.1) is 0 Å². The van der Waals surface area contributed by atoms with Crippen molar-refractivity contribution in [1.29, 1.82) is 0 Å². The first-order valence-electron chi connectivity index (χ1n) is 14.6. The molecule has 0 aromatic heterocycles. The van der Waals surface area contributed by atoms with Crippen molar-refractivity contribution in [3.05, 3.63) is 192 Å². The van der Waals surface area contributed by atoms with E-state index in [9.17, 15) is 0 Å². The summed E-state index contributed by atoms with van der Waals surface area (Å²) in [6.07, 6.45) is 0.230. The SMILES string of the molecule is COc1cc(C(c2ccccc2)(c2ccccc2)c2ccccc2)cc2c1NP(F)(c1ccccc1)(c1ccccc1)C2. The fraction of sp³-hybridized carbons (Fsp3) is 0.0769. The van der Waals surface area contributed by atoms with Gasteiger partial charge in [0, 0.05) is 0 Å². The summed E-state index contributed by atoms with van der Waals surface area (Å²) in [6, 6.07) is 55.3. The van der Waals surface area contributed by atoms with Crippen LogP contribution in [0.4, 0.5) is 9.88 Å². The van der Waals surface area contributed by atoms with E-state index in [1.807, 2.05) is 78.9 Å². The van der Waals surface area contributed by atoms with Crippen LogP contribution in [0.15, 0.2) is 164 Å². The number of nitrogens with one attached hydrogen (secondary N) is 1. The molecule has 0 unspecified atom stereocenters. The van der Waals surface area contributed by atoms with Crippen LogP contribution in [0.1, 0.15) is 27.8 Å². The Balaban J connectivity index is 1.54. The predicted molar refractivity (Wildman–Crippen MR) is 179 cm³/mol. The number of hydrogen-bond donors (Lipinski definition) is 1. The fourth-order valence-corrected chi connectivity index (χ4v) is 11.1. The second-order valence-electron chi connectivity index (χ2n) is 11.2. The van der Waals surface area contributed by atoms with Crippen LogP contribution in [0.3, 0.4) is 0 Å². The average molecular weight is 582 g/mol. The number of methoxy groups -OCH3 is 1. The van der Waals surface area contributed by atoms with Gasteiger partial charge in [-0.3, -0.25) is 0 Å². The summed E-state index contributed by atoms with van der Waals surface area (Å²) in [7, 11) is -2.73. The maximum absolute atomic E-state index is 18.6. The molecule has 4 heteroatoms. The Labute approximate surface area is 252 Å². The van der Waals surface area contributed by atoms with Crippen molar-refractivity contribution >= 4 is 23.4 Å². The molecule has 0 saturated heterocycles. The van der Waals surface area contributed by atoms with Crippen molar-refractivity contribution in [2.24, 2.45) is 0 Å². The van der Waals surface area contributed by atoms with E-state index in [2.05, 4.69) is 90.0 Å². The first-order chi connectivity index (χ1) is 21.1. The third kappa shape index (κ3) is 4.19. The van der Waals surface area contributed by atoms with Gasteiger partial charge in [-0.2, -0.15) is 0 Å². The van der Waals surface area contributed by atoms with Crippen LogP contribution in [0.25, 0.3) is 0 Å². The zero-order valence-electron chi connectivity index (χ0n) is 24.0. The van der Waals surface area contributed by atoms with Gasteiger partial charge < -0.3 is 0 Å². The van der Waals surface area contributed by atoms with Gasteiger partial charge in [-0.1, -0.05) is 0 Å². The molecule has 0 aliphatic carbocycles. The third-order valence-corrected chi connectivity index (χ3v) is 13.2. The zero-order chi connectivity index (χ0) is 29.4. The average Bonchev–Trinajstić information content (AvgIpc) is 3.42. The quantitative estimate of drug-likeness (QED) is 0.150. The zero-order valence-corrected chi connectivity index (χ0v) is 24.9. The summed E-state index contributed by atoms with van der Waals surface area (Å²) in [6.45, 7) is 0. The minimum absolute atomic E-state index is 0.230. The Bertz CT molecular complexity index is 1730. The van der Waals surface area contributed by atoms with Crippen molar-refractivity contribution in [3.8, 4) is 5.75 Å². The van der Waals surface area contributed by atoms with Gasteiger partial charge in [0.1, 0.15) is 0 Å². The van der Waals surface area contributed by atoms with Crippen LogP contribution in [-0.4, -0.2) is 7.11 Å². The molecular weight excluding hydrogens is 548 g/mol. The molecule has 1 aliphatic rings. The number of hydrogen-bond acceptors (Lipinski definition) is 2. The summed E-state index contributed by atoms with van der Waals surface area (Å²) in [4.78, 5) is 0. The van der Waals surface area contributed by atoms with Crippen molar-refractivity contribution < 1.29 is 8.93 Å². The summed E-state index contributed by atoms with van der Waals surface area (Å²) in [5, 5.41) is 4.87. The maximum atomic E-state index is 18.6. The van der Waals surface area contributed by atoms with E-state index in [1.54, 1.807) is 7.11 Å². The normalized spacial score (nSPS) is 15.8. The minimum atomic E-state index is -4.40. The Morgan fingerprint density at radius 2 is 0.953 bits per heavy atom. The van der Waals surface area contributed by atoms with Gasteiger partial charge in [-0.25, -0.2) is 0 Å². The molecule has 2 nitrogen and oxygen atoms in total. The molecule has 0 fully saturated rings. The molecule has 0 atom stereocenters. The molecular formula is C39H33FNOP. The summed E-state index contributed by atoms with van der Waals surface area (Å²) >= 11 is 0.